The topological polar surface area (TPSA) is 26.3 Å². The van der Waals surface area contributed by atoms with E-state index in [0.717, 1.165) is 0 Å². The number of ether oxygens (including phenoxy) is 1. The summed E-state index contributed by atoms with van der Waals surface area (Å²) in [5.74, 6) is -0.0692. The van der Waals surface area contributed by atoms with Crippen LogP contribution in [-0.2, 0) is 4.74 Å². The molecule has 19 heavy (non-hydrogen) atoms. The van der Waals surface area contributed by atoms with Gasteiger partial charge in [0.05, 0.1) is 18.8 Å². The lowest BCUT2D eigenvalue weighted by atomic mass is 10.0. The van der Waals surface area contributed by atoms with Crippen molar-refractivity contribution in [2.45, 2.75) is 0 Å². The minimum atomic E-state index is -0.0692. The number of hydrogen-bond donors (Lipinski definition) is 0. The lowest BCUT2D eigenvalue weighted by Crippen LogP contribution is -2.49. The van der Waals surface area contributed by atoms with Crippen molar-refractivity contribution in [1.82, 2.24) is 0 Å². The molecule has 0 bridgehead atoms. The van der Waals surface area contributed by atoms with Crippen LogP contribution in [0.25, 0.3) is 0 Å². The lowest BCUT2D eigenvalue weighted by molar-refractivity contribution is -0.819. The normalized spacial score (nSPS) is 19.2. The van der Waals surface area contributed by atoms with E-state index in [4.69, 9.17) is 28.1 Å². The minimum absolute atomic E-state index is 0.0692. The summed E-state index contributed by atoms with van der Waals surface area (Å²) >= 11 is 12.3. The predicted molar refractivity (Wildman–Crippen MR) is 76.2 cm³/mol. The van der Waals surface area contributed by atoms with Crippen molar-refractivity contribution in [3.63, 3.8) is 0 Å². The zero-order chi connectivity index (χ0) is 13.7. The van der Waals surface area contributed by atoms with E-state index in [-0.39, 0.29) is 9.79 Å². The third-order valence-corrected chi connectivity index (χ3v) is 3.91. The Hall–Kier alpha value is -0.870. The Balaban J connectivity index is 2.11. The monoisotopic (exact) mass is 300 g/mol. The number of quaternary nitrogens is 1. The van der Waals surface area contributed by atoms with Gasteiger partial charge >= 0.3 is 0 Å². The molecule has 0 aliphatic carbocycles. The fourth-order valence-electron chi connectivity index (χ4n) is 2.06. The van der Waals surface area contributed by atoms with E-state index < -0.39 is 0 Å². The van der Waals surface area contributed by atoms with Crippen molar-refractivity contribution in [2.24, 2.45) is 0 Å². The molecular weight excluding hydrogens is 285 g/mol. The highest BCUT2D eigenvalue weighted by atomic mass is 35.5. The number of ketones is 1. The Bertz CT molecular complexity index is 468. The van der Waals surface area contributed by atoms with Crippen LogP contribution in [0.5, 0.6) is 0 Å². The first-order chi connectivity index (χ1) is 9.14. The van der Waals surface area contributed by atoms with Crippen LogP contribution >= 0.6 is 23.4 Å². The molecule has 2 rings (SSSR count). The number of nitrogens with zero attached hydrogens (tertiary/aromatic N) is 1. The van der Waals surface area contributed by atoms with Gasteiger partial charge in [-0.1, -0.05) is 41.9 Å². The van der Waals surface area contributed by atoms with Crippen LogP contribution in [0.3, 0.4) is 0 Å². The maximum absolute atomic E-state index is 12.3. The summed E-state index contributed by atoms with van der Waals surface area (Å²) < 4.78 is 5.56. The third kappa shape index (κ3) is 3.80. The van der Waals surface area contributed by atoms with Crippen LogP contribution in [0.15, 0.2) is 41.4 Å². The van der Waals surface area contributed by atoms with Gasteiger partial charge in [-0.15, -0.1) is 0 Å². The Kier molecular flexibility index (Phi) is 4.99. The molecular formula is C14H16Cl2NO2+. The highest BCUT2D eigenvalue weighted by Gasteiger charge is 2.32. The highest BCUT2D eigenvalue weighted by Crippen LogP contribution is 2.21. The SMILES string of the molecule is O=C(C(=CCl)C[N+]1(Cl)CCOCC1)c1ccccc1. The number of rotatable bonds is 4. The molecule has 1 fully saturated rings. The molecule has 3 nitrogen and oxygen atoms in total. The second kappa shape index (κ2) is 6.53. The molecule has 0 amide bonds. The molecule has 1 saturated heterocycles. The van der Waals surface area contributed by atoms with Gasteiger partial charge in [0.25, 0.3) is 0 Å². The molecule has 0 aromatic heterocycles. The van der Waals surface area contributed by atoms with Crippen LogP contribution < -0.4 is 0 Å². The second-order valence-corrected chi connectivity index (χ2v) is 5.51. The smallest absolute Gasteiger partial charge is 0.195 e. The fraction of sp³-hybridized carbons (Fsp3) is 0.357. The summed E-state index contributed by atoms with van der Waals surface area (Å²) in [6.07, 6.45) is 0. The quantitative estimate of drug-likeness (QED) is 0.485. The van der Waals surface area contributed by atoms with Gasteiger partial charge in [-0.05, 0) is 0 Å². The number of morpholine rings is 1. The molecule has 5 heteroatoms. The van der Waals surface area contributed by atoms with Crippen LogP contribution in [0.2, 0.25) is 0 Å². The molecule has 1 heterocycles. The van der Waals surface area contributed by atoms with Gasteiger partial charge in [0, 0.05) is 11.1 Å². The van der Waals surface area contributed by atoms with Crippen molar-refractivity contribution in [2.75, 3.05) is 32.8 Å². The molecule has 1 aliphatic heterocycles. The Morgan fingerprint density at radius 3 is 2.47 bits per heavy atom. The summed E-state index contributed by atoms with van der Waals surface area (Å²) in [4.78, 5) is 12.3. The number of carbonyl (C=O) groups excluding carboxylic acids is 1. The van der Waals surface area contributed by atoms with Crippen molar-refractivity contribution in [3.8, 4) is 0 Å². The van der Waals surface area contributed by atoms with Gasteiger partial charge in [-0.3, -0.25) is 4.79 Å². The minimum Gasteiger partial charge on any atom is -0.370 e. The van der Waals surface area contributed by atoms with E-state index in [1.807, 2.05) is 18.2 Å². The molecule has 1 aliphatic rings. The average molecular weight is 301 g/mol. The van der Waals surface area contributed by atoms with E-state index in [1.54, 1.807) is 12.1 Å². The van der Waals surface area contributed by atoms with Crippen molar-refractivity contribution in [3.05, 3.63) is 47.0 Å². The molecule has 0 unspecified atom stereocenters. The standard InChI is InChI=1S/C14H16Cl2NO2/c15-10-13(11-17(16)6-8-19-9-7-17)14(18)12-4-2-1-3-5-12/h1-5,10H,6-9,11H2/q+1. The number of benzene rings is 1. The van der Waals surface area contributed by atoms with Gasteiger partial charge in [-0.25, -0.2) is 4.00 Å². The van der Waals surface area contributed by atoms with E-state index in [0.29, 0.717) is 44.0 Å². The maximum Gasteiger partial charge on any atom is 0.195 e. The van der Waals surface area contributed by atoms with E-state index in [1.165, 1.54) is 5.54 Å². The van der Waals surface area contributed by atoms with Crippen LogP contribution in [0.1, 0.15) is 10.4 Å². The van der Waals surface area contributed by atoms with Crippen LogP contribution in [-0.4, -0.2) is 42.6 Å². The molecule has 1 aromatic carbocycles. The summed E-state index contributed by atoms with van der Waals surface area (Å²) in [6, 6.07) is 9.09. The summed E-state index contributed by atoms with van der Waals surface area (Å²) in [7, 11) is 0. The summed E-state index contributed by atoms with van der Waals surface area (Å²) in [6.45, 7) is 3.00. The van der Waals surface area contributed by atoms with Gasteiger partial charge in [0.1, 0.15) is 19.6 Å². The molecule has 0 atom stereocenters. The van der Waals surface area contributed by atoms with Gasteiger partial charge in [0.2, 0.25) is 0 Å². The molecule has 0 spiro atoms. The zero-order valence-electron chi connectivity index (χ0n) is 10.5. The van der Waals surface area contributed by atoms with Crippen LogP contribution in [0, 0.1) is 0 Å². The Morgan fingerprint density at radius 1 is 1.26 bits per heavy atom. The van der Waals surface area contributed by atoms with E-state index >= 15 is 0 Å². The summed E-state index contributed by atoms with van der Waals surface area (Å²) in [5, 5.41) is 0. The molecule has 0 radical (unpaired) electrons. The zero-order valence-corrected chi connectivity index (χ0v) is 12.0. The Morgan fingerprint density at radius 2 is 1.89 bits per heavy atom. The first-order valence-corrected chi connectivity index (χ1v) is 6.94. The van der Waals surface area contributed by atoms with E-state index in [9.17, 15) is 4.79 Å². The van der Waals surface area contributed by atoms with Gasteiger partial charge < -0.3 is 4.74 Å². The fourth-order valence-corrected chi connectivity index (χ4v) is 2.50. The molecule has 102 valence electrons. The van der Waals surface area contributed by atoms with Crippen LogP contribution in [0.4, 0.5) is 0 Å². The van der Waals surface area contributed by atoms with Crippen molar-refractivity contribution >= 4 is 29.2 Å². The van der Waals surface area contributed by atoms with E-state index in [2.05, 4.69) is 0 Å². The molecule has 0 N–H and O–H groups in total. The number of halogens is 2. The Labute approximate surface area is 123 Å². The first-order valence-electron chi connectivity index (χ1n) is 6.17. The average Bonchev–Trinajstić information content (AvgIpc) is 2.46. The molecule has 0 saturated carbocycles. The number of Topliss-reactive ketones (excluding diaryl/α,β-unsaturated/α-hetero) is 1. The highest BCUT2D eigenvalue weighted by molar-refractivity contribution is 6.29. The van der Waals surface area contributed by atoms with Crippen molar-refractivity contribution in [1.29, 1.82) is 0 Å². The van der Waals surface area contributed by atoms with Crippen molar-refractivity contribution < 1.29 is 13.5 Å². The van der Waals surface area contributed by atoms with Gasteiger partial charge in [-0.2, -0.15) is 0 Å². The van der Waals surface area contributed by atoms with Gasteiger partial charge in [0.15, 0.2) is 17.6 Å². The third-order valence-electron chi connectivity index (χ3n) is 3.19. The maximum atomic E-state index is 12.3. The second-order valence-electron chi connectivity index (χ2n) is 4.58. The lowest BCUT2D eigenvalue weighted by Gasteiger charge is -2.32. The number of carbonyl (C=O) groups is 1. The number of hydrogen-bond acceptors (Lipinski definition) is 2. The largest absolute Gasteiger partial charge is 0.370 e. The molecule has 1 aromatic rings. The first kappa shape index (κ1) is 14.5. The summed E-state index contributed by atoms with van der Waals surface area (Å²) in [5.41, 5.74) is 2.50. The predicted octanol–water partition coefficient (Wildman–Crippen LogP) is 2.99.